The smallest absolute Gasteiger partial charge is 0.349 e. The maximum absolute atomic E-state index is 12.4. The quantitative estimate of drug-likeness (QED) is 0.358. The number of esters is 1. The summed E-state index contributed by atoms with van der Waals surface area (Å²) in [5.41, 5.74) is 1.11. The summed E-state index contributed by atoms with van der Waals surface area (Å²) in [6, 6.07) is 15.2. The molecule has 0 aliphatic heterocycles. The first-order valence-electron chi connectivity index (χ1n) is 7.94. The Kier molecular flexibility index (Phi) is 6.19. The zero-order valence-corrected chi connectivity index (χ0v) is 13.8. The fourth-order valence-corrected chi connectivity index (χ4v) is 2.35. The second-order valence-corrected chi connectivity index (χ2v) is 5.51. The zero-order valence-electron chi connectivity index (χ0n) is 13.8. The van der Waals surface area contributed by atoms with Gasteiger partial charge in [-0.2, -0.15) is 5.26 Å². The van der Waals surface area contributed by atoms with E-state index >= 15 is 0 Å². The number of phenols is 2. The molecule has 0 saturated carbocycles. The minimum Gasteiger partial charge on any atom is -0.504 e. The Morgan fingerprint density at radius 1 is 1.20 bits per heavy atom. The van der Waals surface area contributed by atoms with E-state index in [1.54, 1.807) is 0 Å². The van der Waals surface area contributed by atoms with E-state index in [-0.39, 0.29) is 17.1 Å². The second kappa shape index (κ2) is 8.55. The summed E-state index contributed by atoms with van der Waals surface area (Å²) in [7, 11) is 0. The Hall–Kier alpha value is -3.26. The van der Waals surface area contributed by atoms with Crippen LogP contribution in [0.5, 0.6) is 11.5 Å². The van der Waals surface area contributed by atoms with Crippen molar-refractivity contribution < 1.29 is 19.7 Å². The highest BCUT2D eigenvalue weighted by atomic mass is 16.5. The zero-order chi connectivity index (χ0) is 18.2. The van der Waals surface area contributed by atoms with Crippen LogP contribution in [-0.4, -0.2) is 16.2 Å². The standard InChI is InChI=1S/C20H19NO4/c1-2-6-19(15-7-4-3-5-8-15)25-20(24)16(13-21)11-14-9-10-17(22)18(23)12-14/h3-5,7-12,19,22-23H,2,6H2,1H3/t19-/m0/s1. The number of nitriles is 1. The number of hydrogen-bond donors (Lipinski definition) is 2. The van der Waals surface area contributed by atoms with Crippen molar-refractivity contribution in [1.29, 1.82) is 5.26 Å². The van der Waals surface area contributed by atoms with Gasteiger partial charge in [0.15, 0.2) is 11.5 Å². The number of rotatable bonds is 6. The molecule has 2 N–H and O–H groups in total. The Balaban J connectivity index is 2.22. The topological polar surface area (TPSA) is 90.6 Å². The lowest BCUT2D eigenvalue weighted by atomic mass is 10.0. The van der Waals surface area contributed by atoms with Gasteiger partial charge in [-0.3, -0.25) is 0 Å². The average molecular weight is 337 g/mol. The lowest BCUT2D eigenvalue weighted by Gasteiger charge is -2.17. The van der Waals surface area contributed by atoms with Crippen molar-refractivity contribution >= 4 is 12.0 Å². The first-order chi connectivity index (χ1) is 12.0. The molecule has 5 nitrogen and oxygen atoms in total. The maximum Gasteiger partial charge on any atom is 0.349 e. The van der Waals surface area contributed by atoms with E-state index in [1.165, 1.54) is 24.3 Å². The fourth-order valence-electron chi connectivity index (χ4n) is 2.35. The van der Waals surface area contributed by atoms with Gasteiger partial charge < -0.3 is 14.9 Å². The lowest BCUT2D eigenvalue weighted by molar-refractivity contribution is -0.144. The number of hydrogen-bond acceptors (Lipinski definition) is 5. The van der Waals surface area contributed by atoms with Crippen molar-refractivity contribution in [3.8, 4) is 17.6 Å². The number of ether oxygens (including phenoxy) is 1. The van der Waals surface area contributed by atoms with Crippen LogP contribution in [0.2, 0.25) is 0 Å². The third kappa shape index (κ3) is 4.85. The Labute approximate surface area is 146 Å². The number of carbonyl (C=O) groups excluding carboxylic acids is 1. The first kappa shape index (κ1) is 18.1. The maximum atomic E-state index is 12.4. The molecule has 0 aliphatic rings. The van der Waals surface area contributed by atoms with Gasteiger partial charge in [0.25, 0.3) is 0 Å². The van der Waals surface area contributed by atoms with Gasteiger partial charge >= 0.3 is 5.97 Å². The van der Waals surface area contributed by atoms with Gasteiger partial charge in [-0.25, -0.2) is 4.79 Å². The van der Waals surface area contributed by atoms with Gasteiger partial charge in [0.05, 0.1) is 0 Å². The van der Waals surface area contributed by atoms with Crippen molar-refractivity contribution in [2.24, 2.45) is 0 Å². The number of aromatic hydroxyl groups is 2. The van der Waals surface area contributed by atoms with E-state index in [2.05, 4.69) is 0 Å². The highest BCUT2D eigenvalue weighted by Gasteiger charge is 2.19. The van der Waals surface area contributed by atoms with Crippen molar-refractivity contribution in [2.45, 2.75) is 25.9 Å². The molecule has 1 atom stereocenters. The molecule has 5 heteroatoms. The molecule has 0 heterocycles. The summed E-state index contributed by atoms with van der Waals surface area (Å²) in [6.07, 6.45) is 2.36. The Morgan fingerprint density at radius 3 is 2.52 bits per heavy atom. The molecule has 2 rings (SSSR count). The van der Waals surface area contributed by atoms with Crippen LogP contribution in [0.25, 0.3) is 6.08 Å². The molecule has 0 unspecified atom stereocenters. The number of benzene rings is 2. The minimum absolute atomic E-state index is 0.179. The summed E-state index contributed by atoms with van der Waals surface area (Å²) in [5, 5.41) is 28.1. The van der Waals surface area contributed by atoms with Gasteiger partial charge in [-0.15, -0.1) is 0 Å². The molecule has 0 saturated heterocycles. The predicted octanol–water partition coefficient (Wildman–Crippen LogP) is 4.09. The summed E-state index contributed by atoms with van der Waals surface area (Å²) < 4.78 is 5.51. The highest BCUT2D eigenvalue weighted by molar-refractivity contribution is 5.98. The van der Waals surface area contributed by atoms with Crippen molar-refractivity contribution in [3.63, 3.8) is 0 Å². The fraction of sp³-hybridized carbons (Fsp3) is 0.200. The van der Waals surface area contributed by atoms with Crippen LogP contribution in [0.15, 0.2) is 54.1 Å². The van der Waals surface area contributed by atoms with E-state index in [0.29, 0.717) is 12.0 Å². The normalized spacial score (nSPS) is 12.2. The van der Waals surface area contributed by atoms with Gasteiger partial charge in [-0.1, -0.05) is 49.7 Å². The lowest BCUT2D eigenvalue weighted by Crippen LogP contribution is -2.13. The molecular weight excluding hydrogens is 318 g/mol. The molecule has 2 aromatic carbocycles. The molecular formula is C20H19NO4. The molecule has 0 radical (unpaired) electrons. The highest BCUT2D eigenvalue weighted by Crippen LogP contribution is 2.27. The van der Waals surface area contributed by atoms with E-state index in [1.807, 2.05) is 43.3 Å². The van der Waals surface area contributed by atoms with E-state index < -0.39 is 12.1 Å². The number of carbonyl (C=O) groups is 1. The van der Waals surface area contributed by atoms with Gasteiger partial charge in [-0.05, 0) is 35.8 Å². The van der Waals surface area contributed by atoms with E-state index in [4.69, 9.17) is 4.74 Å². The Bertz CT molecular complexity index is 806. The first-order valence-corrected chi connectivity index (χ1v) is 7.94. The van der Waals surface area contributed by atoms with Crippen LogP contribution < -0.4 is 0 Å². The van der Waals surface area contributed by atoms with Gasteiger partial charge in [0, 0.05) is 0 Å². The van der Waals surface area contributed by atoms with Crippen LogP contribution in [0.3, 0.4) is 0 Å². The van der Waals surface area contributed by atoms with Crippen LogP contribution in [0.4, 0.5) is 0 Å². The summed E-state index contributed by atoms with van der Waals surface area (Å²) in [6.45, 7) is 1.99. The molecule has 0 fully saturated rings. The molecule has 0 bridgehead atoms. The predicted molar refractivity (Wildman–Crippen MR) is 93.5 cm³/mol. The van der Waals surface area contributed by atoms with Gasteiger partial charge in [0.2, 0.25) is 0 Å². The largest absolute Gasteiger partial charge is 0.504 e. The SMILES string of the molecule is CCC[C@H](OC(=O)C(C#N)=Cc1ccc(O)c(O)c1)c1ccccc1. The van der Waals surface area contributed by atoms with Crippen molar-refractivity contribution in [1.82, 2.24) is 0 Å². The second-order valence-electron chi connectivity index (χ2n) is 5.51. The number of nitrogens with zero attached hydrogens (tertiary/aromatic N) is 1. The average Bonchev–Trinajstić information content (AvgIpc) is 2.62. The van der Waals surface area contributed by atoms with Crippen molar-refractivity contribution in [3.05, 3.63) is 65.2 Å². The summed E-state index contributed by atoms with van der Waals surface area (Å²) in [4.78, 5) is 12.4. The molecule has 0 aromatic heterocycles. The van der Waals surface area contributed by atoms with Crippen LogP contribution in [0, 0.1) is 11.3 Å². The van der Waals surface area contributed by atoms with E-state index in [0.717, 1.165) is 12.0 Å². The van der Waals surface area contributed by atoms with Gasteiger partial charge in [0.1, 0.15) is 17.7 Å². The van der Waals surface area contributed by atoms with E-state index in [9.17, 15) is 20.3 Å². The van der Waals surface area contributed by atoms with Crippen LogP contribution in [0.1, 0.15) is 37.0 Å². The molecule has 0 spiro atoms. The molecule has 2 aromatic rings. The molecule has 0 aliphatic carbocycles. The van der Waals surface area contributed by atoms with Crippen LogP contribution in [-0.2, 0) is 9.53 Å². The summed E-state index contributed by atoms with van der Waals surface area (Å²) in [5.74, 6) is -1.32. The van der Waals surface area contributed by atoms with Crippen LogP contribution >= 0.6 is 0 Å². The molecule has 25 heavy (non-hydrogen) atoms. The molecule has 0 amide bonds. The Morgan fingerprint density at radius 2 is 1.92 bits per heavy atom. The summed E-state index contributed by atoms with van der Waals surface area (Å²) >= 11 is 0. The number of phenolic OH excluding ortho intramolecular Hbond substituents is 2. The third-order valence-corrected chi connectivity index (χ3v) is 3.62. The minimum atomic E-state index is -0.725. The molecule has 128 valence electrons. The third-order valence-electron chi connectivity index (χ3n) is 3.62. The van der Waals surface area contributed by atoms with Crippen molar-refractivity contribution in [2.75, 3.05) is 0 Å². The monoisotopic (exact) mass is 337 g/mol.